The van der Waals surface area contributed by atoms with E-state index in [2.05, 4.69) is 15.1 Å². The van der Waals surface area contributed by atoms with Crippen LogP contribution >= 0.6 is 0 Å². The number of carbonyl (C=O) groups is 1. The predicted octanol–water partition coefficient (Wildman–Crippen LogP) is 1.38. The Hall–Kier alpha value is -3.08. The molecule has 0 saturated heterocycles. The van der Waals surface area contributed by atoms with Crippen LogP contribution in [0.15, 0.2) is 29.4 Å². The van der Waals surface area contributed by atoms with E-state index in [9.17, 15) is 17.6 Å². The van der Waals surface area contributed by atoms with Crippen LogP contribution < -0.4 is 4.72 Å². The van der Waals surface area contributed by atoms with Crippen LogP contribution in [0.2, 0.25) is 0 Å². The van der Waals surface area contributed by atoms with Gasteiger partial charge >= 0.3 is 5.97 Å². The molecule has 2 N–H and O–H groups in total. The highest BCUT2D eigenvalue weighted by Crippen LogP contribution is 2.23. The minimum absolute atomic E-state index is 0.0601. The number of anilines is 1. The number of benzene rings is 1. The number of hydrogen-bond acceptors (Lipinski definition) is 6. The molecule has 0 spiro atoms. The van der Waals surface area contributed by atoms with Crippen molar-refractivity contribution < 1.29 is 22.7 Å². The average molecular weight is 365 g/mol. The minimum atomic E-state index is -4.42. The molecule has 2 aromatic heterocycles. The molecule has 0 aliphatic heterocycles. The number of para-hydroxylation sites is 1. The first-order valence-electron chi connectivity index (χ1n) is 6.94. The van der Waals surface area contributed by atoms with E-state index in [0.717, 1.165) is 18.2 Å². The predicted molar refractivity (Wildman–Crippen MR) is 84.4 cm³/mol. The van der Waals surface area contributed by atoms with Gasteiger partial charge in [-0.2, -0.15) is 13.4 Å². The first kappa shape index (κ1) is 16.8. The number of aromatic carboxylic acids is 1. The maximum atomic E-state index is 13.9. The van der Waals surface area contributed by atoms with Gasteiger partial charge in [-0.3, -0.25) is 4.72 Å². The lowest BCUT2D eigenvalue weighted by molar-refractivity contribution is 0.0697. The molecule has 0 saturated carbocycles. The Kier molecular flexibility index (Phi) is 3.87. The highest BCUT2D eigenvalue weighted by molar-refractivity contribution is 7.92. The van der Waals surface area contributed by atoms with E-state index in [1.165, 1.54) is 4.52 Å². The Morgan fingerprint density at radius 1 is 1.28 bits per heavy atom. The summed E-state index contributed by atoms with van der Waals surface area (Å²) in [5, 5.41) is 12.3. The first-order chi connectivity index (χ1) is 11.7. The van der Waals surface area contributed by atoms with Gasteiger partial charge in [-0.05, 0) is 32.0 Å². The largest absolute Gasteiger partial charge is 0.478 e. The summed E-state index contributed by atoms with van der Waals surface area (Å²) in [5.74, 6) is -2.45. The van der Waals surface area contributed by atoms with Crippen LogP contribution in [0.5, 0.6) is 0 Å². The van der Waals surface area contributed by atoms with Gasteiger partial charge in [0.15, 0.2) is 0 Å². The summed E-state index contributed by atoms with van der Waals surface area (Å²) in [5.41, 5.74) is 0.0114. The number of sulfonamides is 1. The van der Waals surface area contributed by atoms with Crippen molar-refractivity contribution >= 4 is 27.5 Å². The van der Waals surface area contributed by atoms with Crippen molar-refractivity contribution in [2.24, 2.45) is 0 Å². The number of aromatic nitrogens is 4. The van der Waals surface area contributed by atoms with E-state index in [1.807, 2.05) is 4.72 Å². The molecule has 0 aliphatic carbocycles. The van der Waals surface area contributed by atoms with Crippen LogP contribution in [-0.2, 0) is 10.0 Å². The molecule has 0 unspecified atom stereocenters. The average Bonchev–Trinajstić information content (AvgIpc) is 2.94. The Labute approximate surface area is 141 Å². The van der Waals surface area contributed by atoms with E-state index in [4.69, 9.17) is 5.11 Å². The van der Waals surface area contributed by atoms with Gasteiger partial charge < -0.3 is 5.11 Å². The minimum Gasteiger partial charge on any atom is -0.478 e. The van der Waals surface area contributed by atoms with Crippen molar-refractivity contribution in [2.45, 2.75) is 19.0 Å². The van der Waals surface area contributed by atoms with E-state index < -0.39 is 38.2 Å². The van der Waals surface area contributed by atoms with E-state index in [1.54, 1.807) is 19.9 Å². The molecule has 0 bridgehead atoms. The number of aryl methyl sites for hydroxylation is 2. The van der Waals surface area contributed by atoms with Crippen LogP contribution in [0.1, 0.15) is 21.7 Å². The van der Waals surface area contributed by atoms with E-state index in [-0.39, 0.29) is 5.78 Å². The number of carboxylic acid groups (broad SMARTS) is 1. The van der Waals surface area contributed by atoms with Gasteiger partial charge in [0.05, 0.1) is 11.3 Å². The lowest BCUT2D eigenvalue weighted by atomic mass is 10.2. The Morgan fingerprint density at radius 2 is 2.00 bits per heavy atom. The molecule has 0 atom stereocenters. The molecule has 3 aromatic rings. The second kappa shape index (κ2) is 5.77. The fourth-order valence-corrected chi connectivity index (χ4v) is 3.21. The van der Waals surface area contributed by atoms with Crippen LogP contribution in [0.3, 0.4) is 0 Å². The van der Waals surface area contributed by atoms with E-state index >= 15 is 0 Å². The molecular weight excluding hydrogens is 353 g/mol. The van der Waals surface area contributed by atoms with Crippen molar-refractivity contribution in [1.29, 1.82) is 0 Å². The molecule has 1 aromatic carbocycles. The third kappa shape index (κ3) is 3.01. The van der Waals surface area contributed by atoms with Crippen LogP contribution in [0.25, 0.3) is 5.78 Å². The second-order valence-electron chi connectivity index (χ2n) is 5.22. The summed E-state index contributed by atoms with van der Waals surface area (Å²) in [7, 11) is -4.42. The summed E-state index contributed by atoms with van der Waals surface area (Å²) < 4.78 is 42.0. The number of carboxylic acids is 1. The fourth-order valence-electron chi connectivity index (χ4n) is 2.25. The second-order valence-corrected chi connectivity index (χ2v) is 6.79. The molecule has 11 heteroatoms. The topological polar surface area (TPSA) is 127 Å². The zero-order valence-electron chi connectivity index (χ0n) is 13.1. The van der Waals surface area contributed by atoms with Crippen LogP contribution in [0.4, 0.5) is 10.1 Å². The summed E-state index contributed by atoms with van der Waals surface area (Å²) in [4.78, 5) is 19.1. The molecule has 0 fully saturated rings. The van der Waals surface area contributed by atoms with Crippen molar-refractivity contribution in [2.75, 3.05) is 4.72 Å². The molecule has 3 rings (SSSR count). The van der Waals surface area contributed by atoms with Crippen molar-refractivity contribution in [1.82, 2.24) is 19.6 Å². The lowest BCUT2D eigenvalue weighted by Gasteiger charge is -2.09. The van der Waals surface area contributed by atoms with E-state index in [0.29, 0.717) is 11.4 Å². The molecule has 0 aliphatic rings. The summed E-state index contributed by atoms with van der Waals surface area (Å²) >= 11 is 0. The SMILES string of the molecule is Cc1cc(C)n2nc(S(=O)(=O)Nc3c(F)cccc3C(=O)O)nc2n1. The molecule has 0 radical (unpaired) electrons. The number of nitrogens with one attached hydrogen (secondary N) is 1. The molecular formula is C14H12FN5O4S. The van der Waals surface area contributed by atoms with Gasteiger partial charge in [0.1, 0.15) is 5.82 Å². The Bertz CT molecular complexity index is 1110. The zero-order valence-corrected chi connectivity index (χ0v) is 13.9. The monoisotopic (exact) mass is 365 g/mol. The van der Waals surface area contributed by atoms with Gasteiger partial charge in [-0.15, -0.1) is 5.10 Å². The van der Waals surface area contributed by atoms with Crippen LogP contribution in [-0.4, -0.2) is 39.1 Å². The maximum absolute atomic E-state index is 13.9. The van der Waals surface area contributed by atoms with Gasteiger partial charge in [-0.25, -0.2) is 18.7 Å². The third-order valence-electron chi connectivity index (χ3n) is 3.32. The van der Waals surface area contributed by atoms with Gasteiger partial charge in [0.25, 0.3) is 21.0 Å². The molecule has 130 valence electrons. The Morgan fingerprint density at radius 3 is 2.68 bits per heavy atom. The first-order valence-corrected chi connectivity index (χ1v) is 8.43. The maximum Gasteiger partial charge on any atom is 0.337 e. The Balaban J connectivity index is 2.10. The highest BCUT2D eigenvalue weighted by atomic mass is 32.2. The molecule has 2 heterocycles. The van der Waals surface area contributed by atoms with Gasteiger partial charge in [-0.1, -0.05) is 6.07 Å². The normalized spacial score (nSPS) is 11.6. The third-order valence-corrected chi connectivity index (χ3v) is 4.45. The zero-order chi connectivity index (χ0) is 18.4. The van der Waals surface area contributed by atoms with Crippen molar-refractivity contribution in [3.8, 4) is 0 Å². The highest BCUT2D eigenvalue weighted by Gasteiger charge is 2.26. The van der Waals surface area contributed by atoms with Gasteiger partial charge in [0.2, 0.25) is 0 Å². The van der Waals surface area contributed by atoms with Crippen LogP contribution in [0, 0.1) is 19.7 Å². The number of halogens is 1. The number of nitrogens with zero attached hydrogens (tertiary/aromatic N) is 4. The van der Waals surface area contributed by atoms with Gasteiger partial charge in [0, 0.05) is 11.4 Å². The fraction of sp³-hybridized carbons (Fsp3) is 0.143. The smallest absolute Gasteiger partial charge is 0.337 e. The quantitative estimate of drug-likeness (QED) is 0.715. The number of fused-ring (bicyclic) bond motifs is 1. The molecule has 25 heavy (non-hydrogen) atoms. The summed E-state index contributed by atoms with van der Waals surface area (Å²) in [6.45, 7) is 3.41. The van der Waals surface area contributed by atoms with Crippen molar-refractivity contribution in [3.63, 3.8) is 0 Å². The molecule has 0 amide bonds. The molecule has 9 nitrogen and oxygen atoms in total. The summed E-state index contributed by atoms with van der Waals surface area (Å²) in [6, 6.07) is 4.87. The number of rotatable bonds is 4. The summed E-state index contributed by atoms with van der Waals surface area (Å²) in [6.07, 6.45) is 0. The standard InChI is InChI=1S/C14H12FN5O4S/c1-7-6-8(2)20-13(16-7)17-14(18-20)25(23,24)19-11-9(12(21)22)4-3-5-10(11)15/h3-6,19H,1-2H3,(H,21,22). The number of hydrogen-bond donors (Lipinski definition) is 2. The lowest BCUT2D eigenvalue weighted by Crippen LogP contribution is -2.18. The van der Waals surface area contributed by atoms with Crippen molar-refractivity contribution in [3.05, 3.63) is 47.0 Å².